The second-order valence-electron chi connectivity index (χ2n) is 5.40. The highest BCUT2D eigenvalue weighted by atomic mass is 16.5. The summed E-state index contributed by atoms with van der Waals surface area (Å²) in [4.78, 5) is 12.1. The van der Waals surface area contributed by atoms with E-state index in [0.29, 0.717) is 6.61 Å². The highest BCUT2D eigenvalue weighted by molar-refractivity contribution is 5.93. The van der Waals surface area contributed by atoms with Gasteiger partial charge >= 0.3 is 0 Å². The van der Waals surface area contributed by atoms with Gasteiger partial charge < -0.3 is 15.8 Å². The zero-order chi connectivity index (χ0) is 15.9. The predicted octanol–water partition coefficient (Wildman–Crippen LogP) is 3.19. The molecule has 0 spiro atoms. The van der Waals surface area contributed by atoms with Crippen LogP contribution in [-0.4, -0.2) is 11.9 Å². The Hall–Kier alpha value is -2.33. The van der Waals surface area contributed by atoms with Crippen molar-refractivity contribution in [1.82, 2.24) is 0 Å². The number of carbonyl (C=O) groups excluding carboxylic acids is 1. The summed E-state index contributed by atoms with van der Waals surface area (Å²) in [7, 11) is 0. The van der Waals surface area contributed by atoms with Crippen molar-refractivity contribution < 1.29 is 9.53 Å². The van der Waals surface area contributed by atoms with Crippen molar-refractivity contribution >= 4 is 11.6 Å². The molecule has 0 aliphatic rings. The van der Waals surface area contributed by atoms with Crippen LogP contribution in [0.25, 0.3) is 0 Å². The van der Waals surface area contributed by atoms with Crippen molar-refractivity contribution in [2.45, 2.75) is 26.5 Å². The number of anilines is 1. The quantitative estimate of drug-likeness (QED) is 0.861. The zero-order valence-corrected chi connectivity index (χ0v) is 13.0. The van der Waals surface area contributed by atoms with Gasteiger partial charge in [-0.2, -0.15) is 0 Å². The molecule has 3 N–H and O–H groups in total. The molecule has 4 heteroatoms. The van der Waals surface area contributed by atoms with E-state index in [9.17, 15) is 4.79 Å². The Bertz CT molecular complexity index is 611. The molecule has 2 aromatic carbocycles. The van der Waals surface area contributed by atoms with Gasteiger partial charge in [0.25, 0.3) is 0 Å². The molecule has 2 aromatic rings. The molecule has 2 rings (SSSR count). The maximum atomic E-state index is 12.1. The summed E-state index contributed by atoms with van der Waals surface area (Å²) in [5.41, 5.74) is 7.47. The van der Waals surface area contributed by atoms with Crippen LogP contribution in [0, 0.1) is 5.92 Å². The first-order valence-electron chi connectivity index (χ1n) is 7.40. The lowest BCUT2D eigenvalue weighted by atomic mass is 10.0. The maximum Gasteiger partial charge on any atom is 0.228 e. The highest BCUT2D eigenvalue weighted by Gasteiger charge is 2.18. The topological polar surface area (TPSA) is 64.4 Å². The van der Waals surface area contributed by atoms with E-state index in [4.69, 9.17) is 10.5 Å². The van der Waals surface area contributed by atoms with E-state index >= 15 is 0 Å². The van der Waals surface area contributed by atoms with Crippen LogP contribution >= 0.6 is 0 Å². The molecule has 0 radical (unpaired) electrons. The van der Waals surface area contributed by atoms with Crippen LogP contribution in [0.5, 0.6) is 5.75 Å². The molecule has 0 saturated heterocycles. The largest absolute Gasteiger partial charge is 0.489 e. The lowest BCUT2D eigenvalue weighted by molar-refractivity contribution is -0.119. The van der Waals surface area contributed by atoms with Crippen LogP contribution in [-0.2, 0) is 11.4 Å². The van der Waals surface area contributed by atoms with E-state index in [-0.39, 0.29) is 17.9 Å². The molecule has 0 heterocycles. The van der Waals surface area contributed by atoms with Crippen molar-refractivity contribution in [2.24, 2.45) is 11.7 Å². The van der Waals surface area contributed by atoms with Crippen molar-refractivity contribution in [1.29, 1.82) is 0 Å². The lowest BCUT2D eigenvalue weighted by Gasteiger charge is -2.17. The normalized spacial score (nSPS) is 13.2. The van der Waals surface area contributed by atoms with Crippen LogP contribution in [0.15, 0.2) is 54.6 Å². The third kappa shape index (κ3) is 4.33. The van der Waals surface area contributed by atoms with Crippen molar-refractivity contribution in [3.05, 3.63) is 60.2 Å². The van der Waals surface area contributed by atoms with Gasteiger partial charge in [0.05, 0.1) is 5.92 Å². The molecular weight excluding hydrogens is 276 g/mol. The van der Waals surface area contributed by atoms with Crippen molar-refractivity contribution in [3.63, 3.8) is 0 Å². The third-order valence-corrected chi connectivity index (χ3v) is 3.62. The van der Waals surface area contributed by atoms with Gasteiger partial charge in [0.1, 0.15) is 12.4 Å². The number of amides is 1. The number of hydrogen-bond acceptors (Lipinski definition) is 3. The average Bonchev–Trinajstić information content (AvgIpc) is 2.54. The molecular formula is C18H22N2O2. The molecule has 2 unspecified atom stereocenters. The summed E-state index contributed by atoms with van der Waals surface area (Å²) in [6.07, 6.45) is 0. The number of para-hydroxylation sites is 2. The van der Waals surface area contributed by atoms with Crippen LogP contribution in [0.4, 0.5) is 5.69 Å². The zero-order valence-electron chi connectivity index (χ0n) is 13.0. The Kier molecular flexibility index (Phi) is 5.55. The second kappa shape index (κ2) is 7.61. The summed E-state index contributed by atoms with van der Waals surface area (Å²) in [5.74, 6) is 0.470. The molecule has 0 saturated carbocycles. The molecule has 0 aromatic heterocycles. The summed E-state index contributed by atoms with van der Waals surface area (Å²) >= 11 is 0. The predicted molar refractivity (Wildman–Crippen MR) is 88.7 cm³/mol. The van der Waals surface area contributed by atoms with Gasteiger partial charge in [0.15, 0.2) is 0 Å². The molecule has 22 heavy (non-hydrogen) atoms. The Labute approximate surface area is 131 Å². The molecule has 2 atom stereocenters. The van der Waals surface area contributed by atoms with Gasteiger partial charge in [-0.1, -0.05) is 43.3 Å². The van der Waals surface area contributed by atoms with Gasteiger partial charge in [-0.25, -0.2) is 0 Å². The number of rotatable bonds is 6. The smallest absolute Gasteiger partial charge is 0.228 e. The fraction of sp³-hybridized carbons (Fsp3) is 0.278. The molecule has 1 amide bonds. The van der Waals surface area contributed by atoms with E-state index in [0.717, 1.165) is 17.0 Å². The summed E-state index contributed by atoms with van der Waals surface area (Å²) < 4.78 is 5.75. The van der Waals surface area contributed by atoms with Gasteiger partial charge in [0.2, 0.25) is 5.91 Å². The maximum absolute atomic E-state index is 12.1. The summed E-state index contributed by atoms with van der Waals surface area (Å²) in [6, 6.07) is 17.0. The van der Waals surface area contributed by atoms with Crippen LogP contribution in [0.3, 0.4) is 0 Å². The Morgan fingerprint density at radius 1 is 1.09 bits per heavy atom. The number of carbonyl (C=O) groups is 1. The Morgan fingerprint density at radius 3 is 2.41 bits per heavy atom. The summed E-state index contributed by atoms with van der Waals surface area (Å²) in [6.45, 7) is 4.05. The van der Waals surface area contributed by atoms with Gasteiger partial charge in [-0.15, -0.1) is 0 Å². The van der Waals surface area contributed by atoms with E-state index < -0.39 is 0 Å². The first kappa shape index (κ1) is 16.0. The van der Waals surface area contributed by atoms with Crippen molar-refractivity contribution in [2.75, 3.05) is 5.32 Å². The van der Waals surface area contributed by atoms with Crippen LogP contribution < -0.4 is 15.8 Å². The minimum absolute atomic E-state index is 0.0813. The second-order valence-corrected chi connectivity index (χ2v) is 5.40. The van der Waals surface area contributed by atoms with E-state index in [1.165, 1.54) is 0 Å². The van der Waals surface area contributed by atoms with Gasteiger partial charge in [-0.05, 0) is 25.1 Å². The number of nitrogens with one attached hydrogen (secondary N) is 1. The Balaban J connectivity index is 2.05. The molecule has 0 fully saturated rings. The number of benzene rings is 2. The molecule has 0 aliphatic heterocycles. The molecule has 0 bridgehead atoms. The Morgan fingerprint density at radius 2 is 1.73 bits per heavy atom. The van der Waals surface area contributed by atoms with E-state index in [2.05, 4.69) is 5.32 Å². The van der Waals surface area contributed by atoms with Gasteiger partial charge in [0, 0.05) is 17.3 Å². The highest BCUT2D eigenvalue weighted by Crippen LogP contribution is 2.19. The SMILES string of the molecule is CC(N)C(C)C(=O)Nc1ccccc1COc1ccccc1. The number of nitrogens with two attached hydrogens (primary N) is 1. The van der Waals surface area contributed by atoms with Gasteiger partial charge in [-0.3, -0.25) is 4.79 Å². The first-order chi connectivity index (χ1) is 10.6. The molecule has 4 nitrogen and oxygen atoms in total. The van der Waals surface area contributed by atoms with E-state index in [1.54, 1.807) is 0 Å². The van der Waals surface area contributed by atoms with Crippen LogP contribution in [0.2, 0.25) is 0 Å². The van der Waals surface area contributed by atoms with E-state index in [1.807, 2.05) is 68.4 Å². The monoisotopic (exact) mass is 298 g/mol. The molecule has 116 valence electrons. The number of hydrogen-bond donors (Lipinski definition) is 2. The lowest BCUT2D eigenvalue weighted by Crippen LogP contribution is -2.34. The molecule has 0 aliphatic carbocycles. The summed E-state index contributed by atoms with van der Waals surface area (Å²) in [5, 5.41) is 2.93. The average molecular weight is 298 g/mol. The number of ether oxygens (including phenoxy) is 1. The minimum Gasteiger partial charge on any atom is -0.489 e. The fourth-order valence-corrected chi connectivity index (χ4v) is 1.93. The van der Waals surface area contributed by atoms with Crippen LogP contribution in [0.1, 0.15) is 19.4 Å². The first-order valence-corrected chi connectivity index (χ1v) is 7.40. The third-order valence-electron chi connectivity index (χ3n) is 3.62. The fourth-order valence-electron chi connectivity index (χ4n) is 1.93. The minimum atomic E-state index is -0.247. The van der Waals surface area contributed by atoms with Crippen molar-refractivity contribution in [3.8, 4) is 5.75 Å². The standard InChI is InChI=1S/C18H22N2O2/c1-13(14(2)19)18(21)20-17-11-7-6-8-15(17)12-22-16-9-4-3-5-10-16/h3-11,13-14H,12,19H2,1-2H3,(H,20,21).